The van der Waals surface area contributed by atoms with E-state index in [1.807, 2.05) is 12.1 Å². The molecule has 0 fully saturated rings. The van der Waals surface area contributed by atoms with Gasteiger partial charge in [0.1, 0.15) is 0 Å². The Morgan fingerprint density at radius 1 is 0.288 bits per heavy atom. The van der Waals surface area contributed by atoms with Gasteiger partial charge in [0.25, 0.3) is 0 Å². The predicted molar refractivity (Wildman–Crippen MR) is 245 cm³/mol. The van der Waals surface area contributed by atoms with Crippen LogP contribution in [0, 0.1) is 0 Å². The van der Waals surface area contributed by atoms with Gasteiger partial charge in [0, 0.05) is 43.8 Å². The maximum absolute atomic E-state index is 5.26. The van der Waals surface area contributed by atoms with E-state index in [-0.39, 0.29) is 0 Å². The Hall–Kier alpha value is -7.95. The average Bonchev–Trinajstić information content (AvgIpc) is 3.66. The predicted octanol–water partition coefficient (Wildman–Crippen LogP) is 14.2. The van der Waals surface area contributed by atoms with Crippen LogP contribution in [0.1, 0.15) is 0 Å². The molecule has 0 saturated carbocycles. The molecule has 3 aromatic heterocycles. The van der Waals surface area contributed by atoms with Crippen LogP contribution in [0.5, 0.6) is 0 Å². The highest BCUT2D eigenvalue weighted by Gasteiger charge is 2.21. The van der Waals surface area contributed by atoms with Crippen LogP contribution in [0.25, 0.3) is 116 Å². The van der Waals surface area contributed by atoms with E-state index < -0.39 is 0 Å². The van der Waals surface area contributed by atoms with Gasteiger partial charge in [-0.25, -0.2) is 15.0 Å². The third kappa shape index (κ3) is 5.34. The van der Waals surface area contributed by atoms with Crippen molar-refractivity contribution in [3.63, 3.8) is 0 Å². The molecule has 0 bridgehead atoms. The van der Waals surface area contributed by atoms with Gasteiger partial charge >= 0.3 is 0 Å². The first-order chi connectivity index (χ1) is 29.3. The van der Waals surface area contributed by atoms with Crippen molar-refractivity contribution in [2.75, 3.05) is 0 Å². The van der Waals surface area contributed by atoms with Crippen molar-refractivity contribution in [3.05, 3.63) is 206 Å². The van der Waals surface area contributed by atoms with E-state index in [1.165, 1.54) is 54.4 Å². The number of aromatic nitrogens is 4. The van der Waals surface area contributed by atoms with Crippen LogP contribution >= 0.6 is 0 Å². The van der Waals surface area contributed by atoms with Gasteiger partial charge in [-0.05, 0) is 50.7 Å². The summed E-state index contributed by atoms with van der Waals surface area (Å²) in [4.78, 5) is 15.7. The Bertz CT molecular complexity index is 3530. The number of pyridine rings is 1. The minimum absolute atomic E-state index is 0.622. The van der Waals surface area contributed by atoms with Gasteiger partial charge in [-0.15, -0.1) is 0 Å². The van der Waals surface area contributed by atoms with Crippen molar-refractivity contribution in [3.8, 4) is 67.5 Å². The lowest BCUT2D eigenvalue weighted by Crippen LogP contribution is -2.01. The Morgan fingerprint density at radius 2 is 0.780 bits per heavy atom. The summed E-state index contributed by atoms with van der Waals surface area (Å²) in [5, 5.41) is 7.57. The Kier molecular flexibility index (Phi) is 7.50. The molecule has 4 heteroatoms. The number of nitrogens with zero attached hydrogens (tertiary/aromatic N) is 4. The average molecular weight is 751 g/mol. The lowest BCUT2D eigenvalue weighted by Gasteiger charge is -2.14. The highest BCUT2D eigenvalue weighted by Crippen LogP contribution is 2.43. The molecule has 274 valence electrons. The van der Waals surface area contributed by atoms with Gasteiger partial charge in [0.05, 0.1) is 16.6 Å². The summed E-state index contributed by atoms with van der Waals surface area (Å²) >= 11 is 0. The summed E-state index contributed by atoms with van der Waals surface area (Å²) in [6, 6.07) is 73.2. The number of hydrogen-bond donors (Lipinski definition) is 0. The largest absolute Gasteiger partial charge is 0.307 e. The first-order valence-corrected chi connectivity index (χ1v) is 20.0. The SMILES string of the molecule is c1ccc(-c2ccc(-c3nc(-c4cccc(-c5cccc6c7cccc8c9cccc%10cccc(c%109)n(c56)c87)c4)nc(-c4ccccc4-c4ccccc4)n3)cc2)cc1. The zero-order chi connectivity index (χ0) is 38.9. The van der Waals surface area contributed by atoms with Crippen LogP contribution in [0.2, 0.25) is 0 Å². The molecule has 9 aromatic carbocycles. The Labute approximate surface area is 340 Å². The number of benzene rings is 9. The van der Waals surface area contributed by atoms with Crippen LogP contribution in [0.4, 0.5) is 0 Å². The van der Waals surface area contributed by atoms with Crippen molar-refractivity contribution in [2.24, 2.45) is 0 Å². The third-order valence-electron chi connectivity index (χ3n) is 11.8. The number of hydrogen-bond acceptors (Lipinski definition) is 3. The van der Waals surface area contributed by atoms with Crippen LogP contribution < -0.4 is 0 Å². The van der Waals surface area contributed by atoms with Crippen molar-refractivity contribution in [2.45, 2.75) is 0 Å². The smallest absolute Gasteiger partial charge is 0.164 e. The molecular formula is C55H34N4. The Morgan fingerprint density at radius 3 is 1.56 bits per heavy atom. The van der Waals surface area contributed by atoms with Gasteiger partial charge in [0.2, 0.25) is 0 Å². The Balaban J connectivity index is 1.07. The van der Waals surface area contributed by atoms with E-state index >= 15 is 0 Å². The highest BCUT2D eigenvalue weighted by molar-refractivity contribution is 6.28. The molecule has 0 amide bonds. The second-order valence-corrected chi connectivity index (χ2v) is 15.2. The fourth-order valence-corrected chi connectivity index (χ4v) is 9.11. The summed E-state index contributed by atoms with van der Waals surface area (Å²) in [5.41, 5.74) is 13.2. The maximum atomic E-state index is 5.26. The van der Waals surface area contributed by atoms with E-state index in [1.54, 1.807) is 0 Å². The minimum Gasteiger partial charge on any atom is -0.307 e. The zero-order valence-electron chi connectivity index (χ0n) is 31.9. The van der Waals surface area contributed by atoms with Crippen molar-refractivity contribution in [1.82, 2.24) is 19.4 Å². The van der Waals surface area contributed by atoms with Crippen LogP contribution in [-0.2, 0) is 0 Å². The van der Waals surface area contributed by atoms with Gasteiger partial charge in [0.15, 0.2) is 17.5 Å². The molecule has 0 saturated heterocycles. The molecule has 0 aliphatic carbocycles. The first-order valence-electron chi connectivity index (χ1n) is 20.0. The highest BCUT2D eigenvalue weighted by atomic mass is 15.0. The third-order valence-corrected chi connectivity index (χ3v) is 11.8. The molecule has 0 N–H and O–H groups in total. The lowest BCUT2D eigenvalue weighted by atomic mass is 9.98. The summed E-state index contributed by atoms with van der Waals surface area (Å²) in [5.74, 6) is 1.88. The summed E-state index contributed by atoms with van der Waals surface area (Å²) < 4.78 is 2.50. The molecule has 3 heterocycles. The fraction of sp³-hybridized carbons (Fsp3) is 0. The van der Waals surface area contributed by atoms with Crippen LogP contribution in [0.15, 0.2) is 206 Å². The van der Waals surface area contributed by atoms with Gasteiger partial charge in [-0.2, -0.15) is 0 Å². The van der Waals surface area contributed by atoms with Crippen molar-refractivity contribution < 1.29 is 0 Å². The standard InChI is InChI=1S/C55H34N4/c1-3-14-35(15-4-1)36-30-32-39(33-31-36)53-56-54(58-55(57-53)48-23-8-7-22-42(48)37-16-5-2-6-17-37)41-21-9-20-40(34-41)43-24-12-27-46-47-28-13-26-45-44-25-10-18-38-19-11-29-49(50(38)44)59(51(43)46)52(45)47/h1-34H. The van der Waals surface area contributed by atoms with Crippen LogP contribution in [-0.4, -0.2) is 19.4 Å². The molecule has 0 spiro atoms. The molecule has 12 rings (SSSR count). The first kappa shape index (κ1) is 33.2. The van der Waals surface area contributed by atoms with Crippen molar-refractivity contribution >= 4 is 48.9 Å². The summed E-state index contributed by atoms with van der Waals surface area (Å²) in [6.45, 7) is 0. The summed E-state index contributed by atoms with van der Waals surface area (Å²) in [6.07, 6.45) is 0. The molecule has 0 aliphatic rings. The van der Waals surface area contributed by atoms with E-state index in [0.29, 0.717) is 17.5 Å². The second-order valence-electron chi connectivity index (χ2n) is 15.2. The molecule has 59 heavy (non-hydrogen) atoms. The summed E-state index contributed by atoms with van der Waals surface area (Å²) in [7, 11) is 0. The monoisotopic (exact) mass is 750 g/mol. The quantitative estimate of drug-likeness (QED) is 0.126. The van der Waals surface area contributed by atoms with Crippen LogP contribution in [0.3, 0.4) is 0 Å². The molecule has 0 aliphatic heterocycles. The normalized spacial score (nSPS) is 11.7. The fourth-order valence-electron chi connectivity index (χ4n) is 9.11. The molecule has 0 atom stereocenters. The zero-order valence-corrected chi connectivity index (χ0v) is 31.9. The van der Waals surface area contributed by atoms with E-state index in [4.69, 9.17) is 15.0 Å². The van der Waals surface area contributed by atoms with Crippen molar-refractivity contribution in [1.29, 1.82) is 0 Å². The molecular weight excluding hydrogens is 717 g/mol. The number of fused-ring (bicyclic) bond motifs is 5. The maximum Gasteiger partial charge on any atom is 0.164 e. The molecule has 0 unspecified atom stereocenters. The second kappa shape index (κ2) is 13.3. The van der Waals surface area contributed by atoms with Gasteiger partial charge < -0.3 is 4.40 Å². The van der Waals surface area contributed by atoms with E-state index in [9.17, 15) is 0 Å². The lowest BCUT2D eigenvalue weighted by molar-refractivity contribution is 1.07. The topological polar surface area (TPSA) is 43.1 Å². The minimum atomic E-state index is 0.622. The molecule has 12 aromatic rings. The molecule has 4 nitrogen and oxygen atoms in total. The van der Waals surface area contributed by atoms with E-state index in [0.717, 1.165) is 44.5 Å². The van der Waals surface area contributed by atoms with Gasteiger partial charge in [-0.3, -0.25) is 0 Å². The molecule has 0 radical (unpaired) electrons. The number of rotatable bonds is 6. The van der Waals surface area contributed by atoms with Gasteiger partial charge in [-0.1, -0.05) is 194 Å². The van der Waals surface area contributed by atoms with E-state index in [2.05, 4.69) is 199 Å². The number of para-hydroxylation sites is 2.